The number of thioether (sulfide) groups is 1. The van der Waals surface area contributed by atoms with Crippen LogP contribution in [0, 0.1) is 6.92 Å². The zero-order chi connectivity index (χ0) is 15.6. The minimum atomic E-state index is -3.13. The van der Waals surface area contributed by atoms with Crippen molar-refractivity contribution in [3.05, 3.63) is 17.8 Å². The molecule has 0 fully saturated rings. The van der Waals surface area contributed by atoms with Crippen molar-refractivity contribution in [2.45, 2.75) is 18.6 Å². The van der Waals surface area contributed by atoms with E-state index in [1.807, 2.05) is 13.0 Å². The lowest BCUT2D eigenvalue weighted by Crippen LogP contribution is -2.13. The number of aliphatic carboxylic acids is 1. The molecule has 114 valence electrons. The first-order valence-electron chi connectivity index (χ1n) is 6.12. The number of aromatic nitrogens is 3. The Bertz CT molecular complexity index is 783. The van der Waals surface area contributed by atoms with Crippen LogP contribution < -0.4 is 0 Å². The highest BCUT2D eigenvalue weighted by atomic mass is 32.2. The van der Waals surface area contributed by atoms with E-state index in [4.69, 9.17) is 5.11 Å². The van der Waals surface area contributed by atoms with Crippen molar-refractivity contribution in [3.63, 3.8) is 0 Å². The summed E-state index contributed by atoms with van der Waals surface area (Å²) < 4.78 is 24.4. The maximum Gasteiger partial charge on any atom is 0.313 e. The van der Waals surface area contributed by atoms with Gasteiger partial charge in [-0.25, -0.2) is 18.4 Å². The summed E-state index contributed by atoms with van der Waals surface area (Å²) in [4.78, 5) is 19.3. The van der Waals surface area contributed by atoms with Crippen LogP contribution in [-0.2, 0) is 21.2 Å². The summed E-state index contributed by atoms with van der Waals surface area (Å²) in [6.45, 7) is 2.08. The van der Waals surface area contributed by atoms with Crippen molar-refractivity contribution in [2.24, 2.45) is 0 Å². The third kappa shape index (κ3) is 3.94. The molecule has 0 atom stereocenters. The molecule has 0 unspecified atom stereocenters. The standard InChI is InChI=1S/C12H15N3O4S2/c1-8-3-4-13-11-10(8)14-12(20-7-9(16)17)15(11)5-6-21(2,18)19/h3-4H,5-7H2,1-2H3,(H,16,17). The van der Waals surface area contributed by atoms with E-state index >= 15 is 0 Å². The van der Waals surface area contributed by atoms with E-state index in [0.29, 0.717) is 16.3 Å². The normalized spacial score (nSPS) is 11.9. The van der Waals surface area contributed by atoms with E-state index in [0.717, 1.165) is 23.6 Å². The Hall–Kier alpha value is -1.61. The number of aryl methyl sites for hydroxylation is 2. The third-order valence-electron chi connectivity index (χ3n) is 2.81. The van der Waals surface area contributed by atoms with Gasteiger partial charge in [0.15, 0.2) is 10.8 Å². The number of carboxylic acid groups (broad SMARTS) is 1. The van der Waals surface area contributed by atoms with Gasteiger partial charge in [0.25, 0.3) is 0 Å². The van der Waals surface area contributed by atoms with E-state index in [1.54, 1.807) is 10.8 Å². The molecule has 0 amide bonds. The summed E-state index contributed by atoms with van der Waals surface area (Å²) in [6, 6.07) is 1.81. The van der Waals surface area contributed by atoms with Gasteiger partial charge in [-0.05, 0) is 18.6 Å². The first-order valence-corrected chi connectivity index (χ1v) is 9.16. The molecular formula is C12H15N3O4S2. The minimum Gasteiger partial charge on any atom is -0.481 e. The van der Waals surface area contributed by atoms with Crippen molar-refractivity contribution < 1.29 is 18.3 Å². The molecule has 21 heavy (non-hydrogen) atoms. The molecule has 0 aliphatic rings. The van der Waals surface area contributed by atoms with Gasteiger partial charge >= 0.3 is 5.97 Å². The maximum absolute atomic E-state index is 11.4. The number of rotatable bonds is 6. The van der Waals surface area contributed by atoms with Gasteiger partial charge in [0.05, 0.1) is 11.5 Å². The Kier molecular flexibility index (Phi) is 4.52. The van der Waals surface area contributed by atoms with E-state index in [9.17, 15) is 13.2 Å². The van der Waals surface area contributed by atoms with E-state index in [1.165, 1.54) is 0 Å². The van der Waals surface area contributed by atoms with E-state index in [-0.39, 0.29) is 18.1 Å². The van der Waals surface area contributed by atoms with Crippen molar-refractivity contribution in [3.8, 4) is 0 Å². The highest BCUT2D eigenvalue weighted by Crippen LogP contribution is 2.24. The SMILES string of the molecule is Cc1ccnc2c1nc(SCC(=O)O)n2CCS(C)(=O)=O. The molecular weight excluding hydrogens is 314 g/mol. The Balaban J connectivity index is 2.44. The number of imidazole rings is 1. The summed E-state index contributed by atoms with van der Waals surface area (Å²) in [5, 5.41) is 9.26. The van der Waals surface area contributed by atoms with E-state index < -0.39 is 15.8 Å². The topological polar surface area (TPSA) is 102 Å². The summed E-state index contributed by atoms with van der Waals surface area (Å²) in [5.74, 6) is -1.14. The predicted molar refractivity (Wildman–Crippen MR) is 80.3 cm³/mol. The van der Waals surface area contributed by atoms with Crippen LogP contribution >= 0.6 is 11.8 Å². The van der Waals surface area contributed by atoms with Crippen molar-refractivity contribution in [1.82, 2.24) is 14.5 Å². The van der Waals surface area contributed by atoms with Crippen molar-refractivity contribution >= 4 is 38.7 Å². The molecule has 0 spiro atoms. The number of carbonyl (C=O) groups is 1. The highest BCUT2D eigenvalue weighted by molar-refractivity contribution is 7.99. The molecule has 7 nitrogen and oxygen atoms in total. The number of hydrogen-bond acceptors (Lipinski definition) is 6. The van der Waals surface area contributed by atoms with Crippen LogP contribution in [0.25, 0.3) is 11.2 Å². The lowest BCUT2D eigenvalue weighted by Gasteiger charge is -2.06. The second-order valence-electron chi connectivity index (χ2n) is 4.66. The molecule has 2 heterocycles. The smallest absolute Gasteiger partial charge is 0.313 e. The monoisotopic (exact) mass is 329 g/mol. The number of carboxylic acids is 1. The fraction of sp³-hybridized carbons (Fsp3) is 0.417. The van der Waals surface area contributed by atoms with Gasteiger partial charge in [-0.1, -0.05) is 11.8 Å². The lowest BCUT2D eigenvalue weighted by atomic mass is 10.3. The van der Waals surface area contributed by atoms with Gasteiger partial charge in [-0.3, -0.25) is 4.79 Å². The Labute approximate surface area is 126 Å². The molecule has 0 bridgehead atoms. The van der Waals surface area contributed by atoms with Crippen LogP contribution in [-0.4, -0.2) is 51.8 Å². The van der Waals surface area contributed by atoms with Crippen LogP contribution in [0.4, 0.5) is 0 Å². The third-order valence-corrected chi connectivity index (χ3v) is 4.70. The fourth-order valence-electron chi connectivity index (χ4n) is 1.81. The van der Waals surface area contributed by atoms with Crippen LogP contribution in [0.3, 0.4) is 0 Å². The average molecular weight is 329 g/mol. The molecule has 2 aromatic heterocycles. The molecule has 0 saturated carbocycles. The Morgan fingerprint density at radius 2 is 2.19 bits per heavy atom. The molecule has 2 aromatic rings. The molecule has 0 aliphatic heterocycles. The fourth-order valence-corrected chi connectivity index (χ4v) is 3.07. The van der Waals surface area contributed by atoms with Gasteiger partial charge in [-0.2, -0.15) is 0 Å². The van der Waals surface area contributed by atoms with Crippen molar-refractivity contribution in [1.29, 1.82) is 0 Å². The largest absolute Gasteiger partial charge is 0.481 e. The Morgan fingerprint density at radius 1 is 1.48 bits per heavy atom. The Morgan fingerprint density at radius 3 is 2.81 bits per heavy atom. The first-order chi connectivity index (χ1) is 9.78. The summed E-state index contributed by atoms with van der Waals surface area (Å²) in [7, 11) is -3.13. The van der Waals surface area contributed by atoms with E-state index in [2.05, 4.69) is 9.97 Å². The van der Waals surface area contributed by atoms with Crippen LogP contribution in [0.15, 0.2) is 17.4 Å². The van der Waals surface area contributed by atoms with Gasteiger partial charge in [-0.15, -0.1) is 0 Å². The van der Waals surface area contributed by atoms with Crippen molar-refractivity contribution in [2.75, 3.05) is 17.8 Å². The number of nitrogens with zero attached hydrogens (tertiary/aromatic N) is 3. The second-order valence-corrected chi connectivity index (χ2v) is 7.86. The summed E-state index contributed by atoms with van der Waals surface area (Å²) in [5.41, 5.74) is 2.15. The molecule has 2 rings (SSSR count). The zero-order valence-electron chi connectivity index (χ0n) is 11.6. The number of fused-ring (bicyclic) bond motifs is 1. The maximum atomic E-state index is 11.4. The first kappa shape index (κ1) is 15.8. The number of sulfone groups is 1. The quantitative estimate of drug-likeness (QED) is 0.787. The second kappa shape index (κ2) is 6.02. The molecule has 0 aromatic carbocycles. The van der Waals surface area contributed by atoms with Gasteiger partial charge in [0.2, 0.25) is 0 Å². The summed E-state index contributed by atoms with van der Waals surface area (Å²) in [6.07, 6.45) is 2.79. The predicted octanol–water partition coefficient (Wildman–Crippen LogP) is 0.961. The average Bonchev–Trinajstić information content (AvgIpc) is 2.72. The number of hydrogen-bond donors (Lipinski definition) is 1. The van der Waals surface area contributed by atoms with Gasteiger partial charge in [0, 0.05) is 19.0 Å². The molecule has 1 N–H and O–H groups in total. The van der Waals surface area contributed by atoms with Crippen LogP contribution in [0.2, 0.25) is 0 Å². The summed E-state index contributed by atoms with van der Waals surface area (Å²) >= 11 is 1.06. The molecule has 0 saturated heterocycles. The van der Waals surface area contributed by atoms with Gasteiger partial charge < -0.3 is 9.67 Å². The van der Waals surface area contributed by atoms with Crippen LogP contribution in [0.5, 0.6) is 0 Å². The molecule has 9 heteroatoms. The lowest BCUT2D eigenvalue weighted by molar-refractivity contribution is -0.133. The van der Waals surface area contributed by atoms with Gasteiger partial charge in [0.1, 0.15) is 15.4 Å². The molecule has 0 radical (unpaired) electrons. The highest BCUT2D eigenvalue weighted by Gasteiger charge is 2.16. The van der Waals surface area contributed by atoms with Crippen LogP contribution in [0.1, 0.15) is 5.56 Å². The number of pyridine rings is 1. The minimum absolute atomic E-state index is 0.0469. The zero-order valence-corrected chi connectivity index (χ0v) is 13.2. The molecule has 0 aliphatic carbocycles.